The number of ketones is 1. The molecule has 3 nitrogen and oxygen atoms in total. The number of rotatable bonds is 7. The fourth-order valence-electron chi connectivity index (χ4n) is 3.98. The van der Waals surface area contributed by atoms with Crippen molar-refractivity contribution in [2.24, 2.45) is 23.7 Å². The van der Waals surface area contributed by atoms with Gasteiger partial charge in [0.05, 0.1) is 11.9 Å². The first kappa shape index (κ1) is 16.3. The average molecular weight is 292 g/mol. The molecule has 2 fully saturated rings. The SMILES string of the molecule is C=CCCCC(C)CC=C(O)[C@@H]1[C@@H]2CC(=O)C[C@@H]2C[C@H]1O. The van der Waals surface area contributed by atoms with Crippen molar-refractivity contribution in [3.63, 3.8) is 0 Å². The Morgan fingerprint density at radius 1 is 1.48 bits per heavy atom. The topological polar surface area (TPSA) is 57.5 Å². The van der Waals surface area contributed by atoms with E-state index in [0.29, 0.717) is 30.9 Å². The van der Waals surface area contributed by atoms with Gasteiger partial charge in [0.2, 0.25) is 0 Å². The summed E-state index contributed by atoms with van der Waals surface area (Å²) >= 11 is 0. The Labute approximate surface area is 127 Å². The van der Waals surface area contributed by atoms with Crippen molar-refractivity contribution in [2.75, 3.05) is 0 Å². The largest absolute Gasteiger partial charge is 0.512 e. The number of carbonyl (C=O) groups excluding carboxylic acids is 1. The molecular weight excluding hydrogens is 264 g/mol. The van der Waals surface area contributed by atoms with Gasteiger partial charge >= 0.3 is 0 Å². The van der Waals surface area contributed by atoms with Crippen LogP contribution in [0.5, 0.6) is 0 Å². The Hall–Kier alpha value is -1.09. The number of unbranched alkanes of at least 4 members (excludes halogenated alkanes) is 1. The molecule has 2 N–H and O–H groups in total. The van der Waals surface area contributed by atoms with Crippen LogP contribution >= 0.6 is 0 Å². The summed E-state index contributed by atoms with van der Waals surface area (Å²) in [5, 5.41) is 20.5. The number of hydrogen-bond acceptors (Lipinski definition) is 3. The molecule has 5 atom stereocenters. The van der Waals surface area contributed by atoms with Gasteiger partial charge < -0.3 is 10.2 Å². The van der Waals surface area contributed by atoms with Crippen LogP contribution in [0.2, 0.25) is 0 Å². The summed E-state index contributed by atoms with van der Waals surface area (Å²) in [4.78, 5) is 11.6. The molecule has 0 saturated heterocycles. The van der Waals surface area contributed by atoms with Gasteiger partial charge in [0, 0.05) is 18.8 Å². The second-order valence-corrected chi connectivity index (χ2v) is 6.89. The first-order valence-corrected chi connectivity index (χ1v) is 8.22. The maximum absolute atomic E-state index is 11.6. The Balaban J connectivity index is 1.89. The van der Waals surface area contributed by atoms with Crippen molar-refractivity contribution < 1.29 is 15.0 Å². The Morgan fingerprint density at radius 2 is 2.24 bits per heavy atom. The molecule has 1 unspecified atom stereocenters. The molecule has 0 aromatic heterocycles. The predicted molar refractivity (Wildman–Crippen MR) is 83.9 cm³/mol. The van der Waals surface area contributed by atoms with Crippen molar-refractivity contribution in [3.8, 4) is 0 Å². The van der Waals surface area contributed by atoms with E-state index in [1.54, 1.807) is 0 Å². The van der Waals surface area contributed by atoms with E-state index in [9.17, 15) is 15.0 Å². The number of hydrogen-bond donors (Lipinski definition) is 2. The summed E-state index contributed by atoms with van der Waals surface area (Å²) in [6.45, 7) is 5.90. The number of allylic oxidation sites excluding steroid dienone is 2. The van der Waals surface area contributed by atoms with Crippen molar-refractivity contribution in [2.45, 2.75) is 58.0 Å². The van der Waals surface area contributed by atoms with Crippen LogP contribution in [0.4, 0.5) is 0 Å². The molecule has 118 valence electrons. The molecule has 3 heteroatoms. The van der Waals surface area contributed by atoms with Gasteiger partial charge in [-0.3, -0.25) is 4.79 Å². The lowest BCUT2D eigenvalue weighted by Crippen LogP contribution is -2.22. The van der Waals surface area contributed by atoms with Crippen LogP contribution in [0.25, 0.3) is 0 Å². The van der Waals surface area contributed by atoms with Gasteiger partial charge in [-0.15, -0.1) is 6.58 Å². The minimum absolute atomic E-state index is 0.153. The van der Waals surface area contributed by atoms with Gasteiger partial charge in [-0.05, 0) is 49.5 Å². The predicted octanol–water partition coefficient (Wildman–Crippen LogP) is 3.79. The molecule has 0 spiro atoms. The van der Waals surface area contributed by atoms with Gasteiger partial charge in [-0.1, -0.05) is 19.4 Å². The molecule has 0 aliphatic heterocycles. The van der Waals surface area contributed by atoms with Crippen LogP contribution in [-0.4, -0.2) is 22.1 Å². The molecule has 0 radical (unpaired) electrons. The number of Topliss-reactive ketones (excluding diaryl/α,β-unsaturated/α-hetero) is 1. The monoisotopic (exact) mass is 292 g/mol. The van der Waals surface area contributed by atoms with E-state index in [1.165, 1.54) is 0 Å². The van der Waals surface area contributed by atoms with E-state index in [0.717, 1.165) is 25.7 Å². The number of fused-ring (bicyclic) bond motifs is 1. The van der Waals surface area contributed by atoms with Crippen LogP contribution in [0.3, 0.4) is 0 Å². The standard InChI is InChI=1S/C18H28O3/c1-3-4-5-6-12(2)7-8-16(20)18-15-11-14(19)9-13(15)10-17(18)21/h3,8,12-13,15,17-18,20-21H,1,4-7,9-11H2,2H3/t12?,13-,15-,17-,18+/m1/s1. The summed E-state index contributed by atoms with van der Waals surface area (Å²) in [7, 11) is 0. The third-order valence-corrected chi connectivity index (χ3v) is 5.15. The van der Waals surface area contributed by atoms with Crippen LogP contribution in [0.1, 0.15) is 51.9 Å². The highest BCUT2D eigenvalue weighted by molar-refractivity contribution is 5.81. The minimum atomic E-state index is -0.486. The first-order valence-electron chi connectivity index (χ1n) is 8.22. The average Bonchev–Trinajstić information content (AvgIpc) is 2.90. The number of aliphatic hydroxyl groups excluding tert-OH is 2. The highest BCUT2D eigenvalue weighted by Crippen LogP contribution is 2.48. The summed E-state index contributed by atoms with van der Waals surface area (Å²) < 4.78 is 0. The van der Waals surface area contributed by atoms with Gasteiger partial charge in [0.1, 0.15) is 5.78 Å². The lowest BCUT2D eigenvalue weighted by atomic mass is 9.88. The minimum Gasteiger partial charge on any atom is -0.512 e. The van der Waals surface area contributed by atoms with Gasteiger partial charge in [0.25, 0.3) is 0 Å². The molecule has 0 aromatic carbocycles. The van der Waals surface area contributed by atoms with E-state index in [4.69, 9.17) is 0 Å². The van der Waals surface area contributed by atoms with Gasteiger partial charge in [0.15, 0.2) is 0 Å². The molecule has 2 aliphatic carbocycles. The Morgan fingerprint density at radius 3 is 2.95 bits per heavy atom. The molecule has 0 heterocycles. The highest BCUT2D eigenvalue weighted by atomic mass is 16.3. The smallest absolute Gasteiger partial charge is 0.133 e. The number of aliphatic hydroxyl groups is 2. The molecule has 2 rings (SSSR count). The first-order chi connectivity index (χ1) is 10.0. The maximum atomic E-state index is 11.6. The quantitative estimate of drug-likeness (QED) is 0.426. The zero-order valence-corrected chi connectivity index (χ0v) is 13.0. The fourth-order valence-corrected chi connectivity index (χ4v) is 3.98. The zero-order valence-electron chi connectivity index (χ0n) is 13.0. The van der Waals surface area contributed by atoms with Crippen molar-refractivity contribution >= 4 is 5.78 Å². The van der Waals surface area contributed by atoms with E-state index in [-0.39, 0.29) is 23.5 Å². The van der Waals surface area contributed by atoms with Crippen LogP contribution in [0, 0.1) is 23.7 Å². The normalized spacial score (nSPS) is 34.0. The number of carbonyl (C=O) groups is 1. The molecule has 0 amide bonds. The second-order valence-electron chi connectivity index (χ2n) is 6.89. The van der Waals surface area contributed by atoms with Gasteiger partial charge in [-0.2, -0.15) is 0 Å². The maximum Gasteiger partial charge on any atom is 0.133 e. The van der Waals surface area contributed by atoms with E-state index >= 15 is 0 Å². The van der Waals surface area contributed by atoms with Crippen molar-refractivity contribution in [1.29, 1.82) is 0 Å². The van der Waals surface area contributed by atoms with Crippen LogP contribution < -0.4 is 0 Å². The fraction of sp³-hybridized carbons (Fsp3) is 0.722. The second kappa shape index (κ2) is 7.26. The lowest BCUT2D eigenvalue weighted by molar-refractivity contribution is -0.118. The summed E-state index contributed by atoms with van der Waals surface area (Å²) in [6, 6.07) is 0. The van der Waals surface area contributed by atoms with Crippen molar-refractivity contribution in [3.05, 3.63) is 24.5 Å². The van der Waals surface area contributed by atoms with E-state index in [2.05, 4.69) is 13.5 Å². The molecule has 21 heavy (non-hydrogen) atoms. The van der Waals surface area contributed by atoms with Gasteiger partial charge in [-0.25, -0.2) is 0 Å². The molecular formula is C18H28O3. The molecule has 2 aliphatic rings. The molecule has 0 bridgehead atoms. The summed E-state index contributed by atoms with van der Waals surface area (Å²) in [6.07, 6.45) is 9.21. The van der Waals surface area contributed by atoms with Crippen LogP contribution in [-0.2, 0) is 4.79 Å². The van der Waals surface area contributed by atoms with E-state index < -0.39 is 6.10 Å². The third kappa shape index (κ3) is 3.97. The summed E-state index contributed by atoms with van der Waals surface area (Å²) in [5.41, 5.74) is 0. The van der Waals surface area contributed by atoms with Crippen molar-refractivity contribution in [1.82, 2.24) is 0 Å². The highest BCUT2D eigenvalue weighted by Gasteiger charge is 2.49. The summed E-state index contributed by atoms with van der Waals surface area (Å²) in [5.74, 6) is 1.32. The van der Waals surface area contributed by atoms with E-state index in [1.807, 2.05) is 12.2 Å². The lowest BCUT2D eigenvalue weighted by Gasteiger charge is -2.20. The van der Waals surface area contributed by atoms with Crippen LogP contribution in [0.15, 0.2) is 24.5 Å². The Kier molecular flexibility index (Phi) is 5.63. The molecule has 0 aromatic rings. The third-order valence-electron chi connectivity index (χ3n) is 5.15. The molecule has 2 saturated carbocycles. The Bertz CT molecular complexity index is 413. The zero-order chi connectivity index (χ0) is 15.4.